The van der Waals surface area contributed by atoms with Crippen molar-refractivity contribution in [3.8, 4) is 0 Å². The minimum Gasteiger partial charge on any atom is -0.207 e. The summed E-state index contributed by atoms with van der Waals surface area (Å²) >= 11 is 3.10. The highest BCUT2D eigenvalue weighted by atomic mass is 32.2. The molecule has 1 heterocycles. The van der Waals surface area contributed by atoms with Crippen LogP contribution in [0.1, 0.15) is 5.82 Å². The van der Waals surface area contributed by atoms with E-state index >= 15 is 0 Å². The van der Waals surface area contributed by atoms with E-state index in [2.05, 4.69) is 15.0 Å². The Hall–Kier alpha value is -1.85. The lowest BCUT2D eigenvalue weighted by Crippen LogP contribution is -1.97. The highest BCUT2D eigenvalue weighted by Gasteiger charge is 2.07. The Kier molecular flexibility index (Phi) is 4.52. The zero-order chi connectivity index (χ0) is 14.5. The summed E-state index contributed by atoms with van der Waals surface area (Å²) in [6, 6.07) is 20.2. The maximum Gasteiger partial charge on any atom is 0.196 e. The number of hydrogen-bond donors (Lipinski definition) is 0. The van der Waals surface area contributed by atoms with Crippen LogP contribution in [0.5, 0.6) is 0 Å². The molecule has 21 heavy (non-hydrogen) atoms. The molecule has 2 aromatic carbocycles. The van der Waals surface area contributed by atoms with E-state index in [0.29, 0.717) is 0 Å². The summed E-state index contributed by atoms with van der Waals surface area (Å²) in [6.45, 7) is 1.89. The molecule has 104 valence electrons. The summed E-state index contributed by atoms with van der Waals surface area (Å²) in [6.07, 6.45) is 0. The van der Waals surface area contributed by atoms with E-state index in [1.807, 2.05) is 67.6 Å². The molecule has 0 unspecified atom stereocenters. The standard InChI is InChI=1S/C16H13N3S2/c1-12-17-15(20-13-8-4-2-5-9-13)19-16(18-12)21-14-10-6-3-7-11-14/h2-11H,1H3. The Morgan fingerprint density at radius 1 is 0.619 bits per heavy atom. The van der Waals surface area contributed by atoms with Gasteiger partial charge in [0, 0.05) is 9.79 Å². The molecule has 3 nitrogen and oxygen atoms in total. The summed E-state index contributed by atoms with van der Waals surface area (Å²) in [5.74, 6) is 0.738. The third kappa shape index (κ3) is 4.06. The smallest absolute Gasteiger partial charge is 0.196 e. The van der Waals surface area contributed by atoms with Gasteiger partial charge >= 0.3 is 0 Å². The second kappa shape index (κ2) is 6.74. The quantitative estimate of drug-likeness (QED) is 0.710. The minimum absolute atomic E-state index is 0.729. The lowest BCUT2D eigenvalue weighted by atomic mass is 10.4. The SMILES string of the molecule is Cc1nc(Sc2ccccc2)nc(Sc2ccccc2)n1. The van der Waals surface area contributed by atoms with E-state index in [0.717, 1.165) is 25.9 Å². The molecule has 0 N–H and O–H groups in total. The van der Waals surface area contributed by atoms with Crippen molar-refractivity contribution in [3.63, 3.8) is 0 Å². The largest absolute Gasteiger partial charge is 0.207 e. The van der Waals surface area contributed by atoms with Crippen molar-refractivity contribution in [1.29, 1.82) is 0 Å². The molecule has 0 radical (unpaired) electrons. The Labute approximate surface area is 132 Å². The van der Waals surface area contributed by atoms with Gasteiger partial charge in [-0.05, 0) is 54.7 Å². The van der Waals surface area contributed by atoms with Crippen LogP contribution in [0.2, 0.25) is 0 Å². The monoisotopic (exact) mass is 311 g/mol. The zero-order valence-corrected chi connectivity index (χ0v) is 13.1. The van der Waals surface area contributed by atoms with Gasteiger partial charge in [0.05, 0.1) is 0 Å². The number of benzene rings is 2. The minimum atomic E-state index is 0.729. The summed E-state index contributed by atoms with van der Waals surface area (Å²) in [5, 5.41) is 1.46. The first-order chi connectivity index (χ1) is 10.3. The van der Waals surface area contributed by atoms with Crippen molar-refractivity contribution in [3.05, 3.63) is 66.5 Å². The third-order valence-corrected chi connectivity index (χ3v) is 4.36. The average Bonchev–Trinajstić information content (AvgIpc) is 2.48. The van der Waals surface area contributed by atoms with Gasteiger partial charge in [-0.15, -0.1) is 0 Å². The van der Waals surface area contributed by atoms with Crippen molar-refractivity contribution in [2.75, 3.05) is 0 Å². The second-order valence-electron chi connectivity index (χ2n) is 4.28. The van der Waals surface area contributed by atoms with E-state index in [1.54, 1.807) is 23.5 Å². The summed E-state index contributed by atoms with van der Waals surface area (Å²) < 4.78 is 0. The van der Waals surface area contributed by atoms with Crippen LogP contribution in [0.25, 0.3) is 0 Å². The van der Waals surface area contributed by atoms with Crippen molar-refractivity contribution in [2.45, 2.75) is 27.0 Å². The Morgan fingerprint density at radius 3 is 1.48 bits per heavy atom. The predicted molar refractivity (Wildman–Crippen MR) is 85.7 cm³/mol. The van der Waals surface area contributed by atoms with Gasteiger partial charge < -0.3 is 0 Å². The maximum absolute atomic E-state index is 4.53. The van der Waals surface area contributed by atoms with Gasteiger partial charge in [-0.2, -0.15) is 4.98 Å². The van der Waals surface area contributed by atoms with Gasteiger partial charge in [0.15, 0.2) is 10.3 Å². The second-order valence-corrected chi connectivity index (χ2v) is 6.36. The molecule has 3 aromatic rings. The third-order valence-electron chi connectivity index (χ3n) is 2.61. The van der Waals surface area contributed by atoms with Crippen LogP contribution in [0.4, 0.5) is 0 Å². The fourth-order valence-corrected chi connectivity index (χ4v) is 3.40. The van der Waals surface area contributed by atoms with Gasteiger partial charge in [0.1, 0.15) is 5.82 Å². The number of hydrogen-bond acceptors (Lipinski definition) is 5. The molecule has 0 aliphatic heterocycles. The van der Waals surface area contributed by atoms with Crippen LogP contribution < -0.4 is 0 Å². The van der Waals surface area contributed by atoms with Crippen molar-refractivity contribution < 1.29 is 0 Å². The van der Waals surface area contributed by atoms with Crippen LogP contribution in [0.3, 0.4) is 0 Å². The summed E-state index contributed by atoms with van der Waals surface area (Å²) in [7, 11) is 0. The molecule has 0 saturated heterocycles. The highest BCUT2D eigenvalue weighted by Crippen LogP contribution is 2.28. The van der Waals surface area contributed by atoms with Crippen LogP contribution >= 0.6 is 23.5 Å². The van der Waals surface area contributed by atoms with E-state index in [9.17, 15) is 0 Å². The molecule has 0 saturated carbocycles. The normalized spacial score (nSPS) is 10.5. The van der Waals surface area contributed by atoms with Crippen molar-refractivity contribution >= 4 is 23.5 Å². The van der Waals surface area contributed by atoms with Crippen molar-refractivity contribution in [2.24, 2.45) is 0 Å². The fourth-order valence-electron chi connectivity index (χ4n) is 1.71. The van der Waals surface area contributed by atoms with Gasteiger partial charge in [-0.3, -0.25) is 0 Å². The Bertz CT molecular complexity index is 658. The molecule has 3 rings (SSSR count). The Morgan fingerprint density at radius 2 is 1.05 bits per heavy atom. The van der Waals surface area contributed by atoms with Crippen LogP contribution in [-0.2, 0) is 0 Å². The van der Waals surface area contributed by atoms with Crippen molar-refractivity contribution in [1.82, 2.24) is 15.0 Å². The molecule has 0 aliphatic carbocycles. The fraction of sp³-hybridized carbons (Fsp3) is 0.0625. The molecule has 5 heteroatoms. The van der Waals surface area contributed by atoms with E-state index in [4.69, 9.17) is 0 Å². The molecule has 0 bridgehead atoms. The van der Waals surface area contributed by atoms with E-state index < -0.39 is 0 Å². The molecule has 0 amide bonds. The maximum atomic E-state index is 4.53. The average molecular weight is 311 g/mol. The predicted octanol–water partition coefficient (Wildman–Crippen LogP) is 4.48. The van der Waals surface area contributed by atoms with Gasteiger partial charge in [0.2, 0.25) is 0 Å². The first-order valence-electron chi connectivity index (χ1n) is 6.48. The topological polar surface area (TPSA) is 38.7 Å². The van der Waals surface area contributed by atoms with Crippen LogP contribution in [0, 0.1) is 6.92 Å². The molecular formula is C16H13N3S2. The molecule has 0 aliphatic rings. The lowest BCUT2D eigenvalue weighted by Gasteiger charge is -2.04. The summed E-state index contributed by atoms with van der Waals surface area (Å²) in [5.41, 5.74) is 0. The first kappa shape index (κ1) is 14.1. The van der Waals surface area contributed by atoms with Crippen LogP contribution in [0.15, 0.2) is 80.8 Å². The first-order valence-corrected chi connectivity index (χ1v) is 8.11. The van der Waals surface area contributed by atoms with Gasteiger partial charge in [-0.25, -0.2) is 9.97 Å². The molecule has 0 atom stereocenters. The molecule has 1 aromatic heterocycles. The van der Waals surface area contributed by atoms with Gasteiger partial charge in [-0.1, -0.05) is 36.4 Å². The zero-order valence-electron chi connectivity index (χ0n) is 11.4. The number of rotatable bonds is 4. The lowest BCUT2D eigenvalue weighted by molar-refractivity contribution is 0.767. The Balaban J connectivity index is 1.83. The summed E-state index contributed by atoms with van der Waals surface area (Å²) in [4.78, 5) is 15.6. The van der Waals surface area contributed by atoms with E-state index in [-0.39, 0.29) is 0 Å². The highest BCUT2D eigenvalue weighted by molar-refractivity contribution is 7.99. The molecular weight excluding hydrogens is 298 g/mol. The molecule has 0 spiro atoms. The van der Waals surface area contributed by atoms with Gasteiger partial charge in [0.25, 0.3) is 0 Å². The number of aromatic nitrogens is 3. The number of aryl methyl sites for hydroxylation is 1. The van der Waals surface area contributed by atoms with E-state index in [1.165, 1.54) is 0 Å². The molecule has 0 fully saturated rings. The number of nitrogens with zero attached hydrogens (tertiary/aromatic N) is 3. The van der Waals surface area contributed by atoms with Crippen LogP contribution in [-0.4, -0.2) is 15.0 Å².